The van der Waals surface area contributed by atoms with Crippen LogP contribution in [0.1, 0.15) is 78.3 Å². The van der Waals surface area contributed by atoms with Gasteiger partial charge in [-0.25, -0.2) is 14.8 Å². The lowest BCUT2D eigenvalue weighted by Crippen LogP contribution is -2.58. The monoisotopic (exact) mass is 648 g/mol. The molecule has 2 aliphatic heterocycles. The van der Waals surface area contributed by atoms with Gasteiger partial charge in [0.1, 0.15) is 41.7 Å². The second kappa shape index (κ2) is 13.2. The van der Waals surface area contributed by atoms with Crippen LogP contribution in [0, 0.1) is 17.3 Å². The molecule has 2 bridgehead atoms. The van der Waals surface area contributed by atoms with Crippen LogP contribution in [0.2, 0.25) is 0 Å². The number of rotatable bonds is 2. The average molecular weight is 649 g/mol. The molecule has 5 rings (SSSR count). The number of hydrogen-bond donors (Lipinski definition) is 1. The Hall–Kier alpha value is -3.64. The molecule has 252 valence electrons. The van der Waals surface area contributed by atoms with Crippen molar-refractivity contribution in [3.05, 3.63) is 23.9 Å². The second-order valence-electron chi connectivity index (χ2n) is 13.8. The number of methoxy groups -OCH3 is 1. The third-order valence-corrected chi connectivity index (χ3v) is 9.41. The van der Waals surface area contributed by atoms with Gasteiger partial charge in [-0.05, 0) is 68.9 Å². The number of benzene rings is 1. The zero-order chi connectivity index (χ0) is 33.4. The first-order valence-electron chi connectivity index (χ1n) is 16.0. The molecule has 3 aliphatic rings. The fraction of sp³-hybridized carbons (Fsp3) is 0.667. The van der Waals surface area contributed by atoms with E-state index in [1.54, 1.807) is 39.0 Å². The van der Waals surface area contributed by atoms with Crippen LogP contribution in [-0.4, -0.2) is 76.8 Å². The molecular weight excluding hydrogens is 605 g/mol. The van der Waals surface area contributed by atoms with Gasteiger partial charge in [-0.3, -0.25) is 9.59 Å². The predicted molar refractivity (Wildman–Crippen MR) is 162 cm³/mol. The molecule has 2 aromatic rings. The van der Waals surface area contributed by atoms with Gasteiger partial charge in [-0.2, -0.15) is 13.2 Å². The van der Waals surface area contributed by atoms with E-state index in [9.17, 15) is 27.6 Å². The number of carbonyl (C=O) groups excluding carboxylic acids is 3. The van der Waals surface area contributed by atoms with E-state index >= 15 is 0 Å². The van der Waals surface area contributed by atoms with Crippen molar-refractivity contribution in [2.45, 2.75) is 110 Å². The van der Waals surface area contributed by atoms with Crippen LogP contribution >= 0.6 is 0 Å². The number of Topliss-reactive ketones (excluding diaryl/α,β-unsaturated/α-hetero) is 1. The number of fused-ring (bicyclic) bond motifs is 5. The molecule has 1 aromatic carbocycles. The Morgan fingerprint density at radius 3 is 2.39 bits per heavy atom. The normalized spacial score (nSPS) is 28.3. The van der Waals surface area contributed by atoms with Gasteiger partial charge < -0.3 is 24.4 Å². The molecule has 1 aliphatic carbocycles. The molecule has 0 unspecified atom stereocenters. The number of amides is 2. The molecule has 2 fully saturated rings. The van der Waals surface area contributed by atoms with E-state index in [0.29, 0.717) is 41.7 Å². The standard InChI is InChI=1S/C33H43F3N4O6/c1-18(41)27-26(33(34,35)36)25-17-40(27)30(42)28(32(2,3)4)39-31(43)46-24-13-9-11-19(24)10-7-6-8-12-22-29(45-25)38-23-16-20(44-5)14-15-21(23)37-22/h14-16,19,24-28H,6-13,17H2,1-5H3,(H,39,43)/t19-,24-,25+,26-,27-,28-/m1/s1. The number of nitrogens with one attached hydrogen (secondary N) is 1. The number of alkyl halides is 3. The summed E-state index contributed by atoms with van der Waals surface area (Å²) in [6.45, 7) is 5.57. The van der Waals surface area contributed by atoms with Crippen LogP contribution in [0.15, 0.2) is 18.2 Å². The van der Waals surface area contributed by atoms with Crippen LogP contribution in [0.3, 0.4) is 0 Å². The molecule has 46 heavy (non-hydrogen) atoms. The lowest BCUT2D eigenvalue weighted by molar-refractivity contribution is -0.196. The molecule has 2 amide bonds. The summed E-state index contributed by atoms with van der Waals surface area (Å²) in [7, 11) is 1.49. The Balaban J connectivity index is 1.59. The van der Waals surface area contributed by atoms with E-state index in [-0.39, 0.29) is 17.9 Å². The number of aryl methyl sites for hydroxylation is 1. The first-order chi connectivity index (χ1) is 21.7. The van der Waals surface area contributed by atoms with E-state index in [1.165, 1.54) is 7.11 Å². The van der Waals surface area contributed by atoms with Crippen molar-refractivity contribution < 1.29 is 41.8 Å². The first-order valence-corrected chi connectivity index (χ1v) is 16.0. The Morgan fingerprint density at radius 2 is 1.72 bits per heavy atom. The highest BCUT2D eigenvalue weighted by Gasteiger charge is 2.61. The summed E-state index contributed by atoms with van der Waals surface area (Å²) in [6, 6.07) is 1.95. The van der Waals surface area contributed by atoms with E-state index in [1.807, 2.05) is 0 Å². The summed E-state index contributed by atoms with van der Waals surface area (Å²) >= 11 is 0. The maximum atomic E-state index is 14.8. The van der Waals surface area contributed by atoms with E-state index in [2.05, 4.69) is 10.3 Å². The Morgan fingerprint density at radius 1 is 0.978 bits per heavy atom. The first kappa shape index (κ1) is 33.7. The molecule has 6 atom stereocenters. The molecular formula is C33H43F3N4O6. The smallest absolute Gasteiger partial charge is 0.408 e. The number of hydrogen-bond acceptors (Lipinski definition) is 8. The zero-order valence-corrected chi connectivity index (χ0v) is 27.0. The number of halogens is 3. The summed E-state index contributed by atoms with van der Waals surface area (Å²) < 4.78 is 61.7. The third-order valence-electron chi connectivity index (χ3n) is 9.41. The summed E-state index contributed by atoms with van der Waals surface area (Å²) in [5, 5.41) is 2.65. The van der Waals surface area contributed by atoms with E-state index in [0.717, 1.165) is 43.9 Å². The number of alkyl carbamates (subject to hydrolysis) is 1. The molecule has 10 nitrogen and oxygen atoms in total. The molecule has 1 saturated carbocycles. The SMILES string of the molecule is COc1ccc2nc3c(nc2c1)O[C@H]1CN(C(=O)[C@H](C(C)(C)C)NC(=O)O[C@@H]2CCC[C@H]2CCCCC3)[C@H](C(C)=O)[C@@H]1C(F)(F)F. The van der Waals surface area contributed by atoms with Crippen LogP contribution in [0.4, 0.5) is 18.0 Å². The van der Waals surface area contributed by atoms with Gasteiger partial charge in [-0.15, -0.1) is 0 Å². The largest absolute Gasteiger partial charge is 0.497 e. The molecule has 1 N–H and O–H groups in total. The average Bonchev–Trinajstić information content (AvgIpc) is 3.58. The maximum Gasteiger partial charge on any atom is 0.408 e. The highest BCUT2D eigenvalue weighted by molar-refractivity contribution is 5.92. The van der Waals surface area contributed by atoms with Gasteiger partial charge in [0.15, 0.2) is 5.78 Å². The summed E-state index contributed by atoms with van der Waals surface area (Å²) in [4.78, 5) is 50.4. The fourth-order valence-electron chi connectivity index (χ4n) is 7.07. The van der Waals surface area contributed by atoms with Crippen molar-refractivity contribution in [2.75, 3.05) is 13.7 Å². The minimum Gasteiger partial charge on any atom is -0.497 e. The number of ketones is 1. The second-order valence-corrected chi connectivity index (χ2v) is 13.8. The maximum absolute atomic E-state index is 14.8. The molecule has 0 spiro atoms. The van der Waals surface area contributed by atoms with Gasteiger partial charge in [0.2, 0.25) is 11.8 Å². The van der Waals surface area contributed by atoms with Crippen LogP contribution in [-0.2, 0) is 20.7 Å². The minimum absolute atomic E-state index is 0.0670. The molecule has 3 heterocycles. The fourth-order valence-corrected chi connectivity index (χ4v) is 7.07. The molecule has 1 saturated heterocycles. The third kappa shape index (κ3) is 7.17. The summed E-state index contributed by atoms with van der Waals surface area (Å²) in [5.41, 5.74) is 0.402. The van der Waals surface area contributed by atoms with Gasteiger partial charge in [0.05, 0.1) is 24.7 Å². The minimum atomic E-state index is -4.90. The molecule has 1 aromatic heterocycles. The lowest BCUT2D eigenvalue weighted by Gasteiger charge is -2.36. The van der Waals surface area contributed by atoms with E-state index in [4.69, 9.17) is 19.2 Å². The van der Waals surface area contributed by atoms with Gasteiger partial charge in [0, 0.05) is 6.07 Å². The topological polar surface area (TPSA) is 120 Å². The van der Waals surface area contributed by atoms with Crippen LogP contribution in [0.5, 0.6) is 11.6 Å². The zero-order valence-electron chi connectivity index (χ0n) is 27.0. The number of aromatic nitrogens is 2. The van der Waals surface area contributed by atoms with Crippen molar-refractivity contribution >= 4 is 28.8 Å². The van der Waals surface area contributed by atoms with Crippen molar-refractivity contribution in [3.63, 3.8) is 0 Å². The van der Waals surface area contributed by atoms with Gasteiger partial charge >= 0.3 is 12.3 Å². The number of carbonyl (C=O) groups is 3. The Bertz CT molecular complexity index is 1460. The highest BCUT2D eigenvalue weighted by Crippen LogP contribution is 2.42. The number of ether oxygens (including phenoxy) is 3. The van der Waals surface area contributed by atoms with Crippen LogP contribution < -0.4 is 14.8 Å². The quantitative estimate of drug-likeness (QED) is 0.435. The predicted octanol–water partition coefficient (Wildman–Crippen LogP) is 5.79. The van der Waals surface area contributed by atoms with Crippen molar-refractivity contribution in [2.24, 2.45) is 17.3 Å². The molecule has 13 heteroatoms. The summed E-state index contributed by atoms with van der Waals surface area (Å²) in [6.07, 6.45) is -1.47. The van der Waals surface area contributed by atoms with E-state index < -0.39 is 60.0 Å². The van der Waals surface area contributed by atoms with Crippen molar-refractivity contribution in [3.8, 4) is 11.6 Å². The summed E-state index contributed by atoms with van der Waals surface area (Å²) in [5.74, 6) is -3.39. The molecule has 0 radical (unpaired) electrons. The highest BCUT2D eigenvalue weighted by atomic mass is 19.4. The van der Waals surface area contributed by atoms with Gasteiger partial charge in [0.25, 0.3) is 0 Å². The van der Waals surface area contributed by atoms with Crippen molar-refractivity contribution in [1.82, 2.24) is 20.2 Å². The number of nitrogens with zero attached hydrogens (tertiary/aromatic N) is 3. The van der Waals surface area contributed by atoms with Gasteiger partial charge in [-0.1, -0.05) is 33.6 Å². The lowest BCUT2D eigenvalue weighted by atomic mass is 9.85. The Labute approximate surface area is 266 Å². The van der Waals surface area contributed by atoms with Crippen LogP contribution in [0.25, 0.3) is 11.0 Å². The van der Waals surface area contributed by atoms with Crippen molar-refractivity contribution in [1.29, 1.82) is 0 Å². The Kier molecular flexibility index (Phi) is 9.70.